The highest BCUT2D eigenvalue weighted by atomic mass is 16.7. The van der Waals surface area contributed by atoms with Crippen molar-refractivity contribution in [3.63, 3.8) is 0 Å². The Hall–Kier alpha value is -0.160. The van der Waals surface area contributed by atoms with Crippen molar-refractivity contribution in [1.82, 2.24) is 0 Å². The predicted octanol–water partition coefficient (Wildman–Crippen LogP) is -0.507. The fourth-order valence-corrected chi connectivity index (χ4v) is 0.738. The van der Waals surface area contributed by atoms with E-state index >= 15 is 0 Å². The van der Waals surface area contributed by atoms with Gasteiger partial charge in [0.25, 0.3) is 0 Å². The lowest BCUT2D eigenvalue weighted by atomic mass is 10.6. The molecule has 0 spiro atoms. The molecule has 0 radical (unpaired) electrons. The van der Waals surface area contributed by atoms with Gasteiger partial charge in [-0.3, -0.25) is 0 Å². The average molecular weight is 162 g/mol. The van der Waals surface area contributed by atoms with E-state index in [-0.39, 0.29) is 25.9 Å². The van der Waals surface area contributed by atoms with Crippen molar-refractivity contribution in [3.8, 4) is 0 Å². The zero-order valence-electron chi connectivity index (χ0n) is 6.40. The quantitative estimate of drug-likeness (QED) is 0.516. The summed E-state index contributed by atoms with van der Waals surface area (Å²) in [6, 6.07) is 0. The van der Waals surface area contributed by atoms with Gasteiger partial charge >= 0.3 is 0 Å². The van der Waals surface area contributed by atoms with E-state index in [1.807, 2.05) is 0 Å². The third kappa shape index (κ3) is 3.67. The van der Waals surface area contributed by atoms with E-state index in [2.05, 4.69) is 0 Å². The molecule has 0 aromatic carbocycles. The van der Waals surface area contributed by atoms with E-state index in [9.17, 15) is 0 Å². The van der Waals surface area contributed by atoms with Crippen LogP contribution in [0.15, 0.2) is 0 Å². The summed E-state index contributed by atoms with van der Waals surface area (Å²) in [6.45, 7) is 0.0406. The molecule has 66 valence electrons. The van der Waals surface area contributed by atoms with E-state index in [0.29, 0.717) is 0 Å². The summed E-state index contributed by atoms with van der Waals surface area (Å²) in [7, 11) is 0. The van der Waals surface area contributed by atoms with Crippen molar-refractivity contribution < 1.29 is 19.7 Å². The molecule has 2 N–H and O–H groups in total. The summed E-state index contributed by atoms with van der Waals surface area (Å²) >= 11 is 0. The molecular weight excluding hydrogens is 148 g/mol. The molecule has 1 aliphatic rings. The fourth-order valence-electron chi connectivity index (χ4n) is 0.738. The van der Waals surface area contributed by atoms with Crippen molar-refractivity contribution in [2.75, 3.05) is 19.8 Å². The minimum Gasteiger partial charge on any atom is -0.394 e. The zero-order chi connectivity index (χ0) is 8.10. The van der Waals surface area contributed by atoms with Crippen LogP contribution in [-0.2, 0) is 9.47 Å². The van der Waals surface area contributed by atoms with Gasteiger partial charge in [-0.2, -0.15) is 0 Å². The van der Waals surface area contributed by atoms with Crippen molar-refractivity contribution in [2.24, 2.45) is 0 Å². The molecule has 1 rings (SSSR count). The molecule has 0 aromatic rings. The molecular formula is C7H14O4. The van der Waals surface area contributed by atoms with Gasteiger partial charge < -0.3 is 19.7 Å². The Kier molecular flexibility index (Phi) is 3.79. The molecule has 1 fully saturated rings. The van der Waals surface area contributed by atoms with Crippen LogP contribution in [0.3, 0.4) is 0 Å². The van der Waals surface area contributed by atoms with Gasteiger partial charge in [0.15, 0.2) is 6.29 Å². The van der Waals surface area contributed by atoms with E-state index < -0.39 is 6.29 Å². The maximum absolute atomic E-state index is 8.70. The maximum Gasteiger partial charge on any atom is 0.180 e. The van der Waals surface area contributed by atoms with Gasteiger partial charge in [0, 0.05) is 0 Å². The Bertz CT molecular complexity index is 103. The summed E-state index contributed by atoms with van der Waals surface area (Å²) in [5, 5.41) is 17.1. The lowest BCUT2D eigenvalue weighted by molar-refractivity contribution is -0.172. The molecule has 4 nitrogen and oxygen atoms in total. The van der Waals surface area contributed by atoms with Crippen molar-refractivity contribution in [2.45, 2.75) is 25.2 Å². The van der Waals surface area contributed by atoms with E-state index in [1.54, 1.807) is 0 Å². The third-order valence-corrected chi connectivity index (χ3v) is 1.41. The normalized spacial score (nSPS) is 20.2. The van der Waals surface area contributed by atoms with E-state index in [1.165, 1.54) is 0 Å². The van der Waals surface area contributed by atoms with Gasteiger partial charge in [-0.25, -0.2) is 0 Å². The molecule has 4 heteroatoms. The summed E-state index contributed by atoms with van der Waals surface area (Å²) < 4.78 is 10.2. The lowest BCUT2D eigenvalue weighted by Gasteiger charge is -2.14. The Balaban J connectivity index is 2.02. The second-order valence-electron chi connectivity index (χ2n) is 2.54. The molecule has 1 aliphatic carbocycles. The van der Waals surface area contributed by atoms with Gasteiger partial charge in [0.05, 0.1) is 25.9 Å². The van der Waals surface area contributed by atoms with Gasteiger partial charge in [0.1, 0.15) is 0 Å². The highest BCUT2D eigenvalue weighted by molar-refractivity contribution is 4.73. The van der Waals surface area contributed by atoms with Crippen molar-refractivity contribution in [1.29, 1.82) is 0 Å². The molecule has 0 amide bonds. The molecule has 1 saturated carbocycles. The molecule has 1 atom stereocenters. The molecule has 0 saturated heterocycles. The Morgan fingerprint density at radius 3 is 2.55 bits per heavy atom. The Morgan fingerprint density at radius 1 is 1.36 bits per heavy atom. The van der Waals surface area contributed by atoms with Crippen LogP contribution >= 0.6 is 0 Å². The predicted molar refractivity (Wildman–Crippen MR) is 38.0 cm³/mol. The Morgan fingerprint density at radius 2 is 2.09 bits per heavy atom. The third-order valence-electron chi connectivity index (χ3n) is 1.41. The number of rotatable bonds is 6. The topological polar surface area (TPSA) is 58.9 Å². The van der Waals surface area contributed by atoms with E-state index in [0.717, 1.165) is 12.8 Å². The first-order valence-corrected chi connectivity index (χ1v) is 3.85. The van der Waals surface area contributed by atoms with Crippen LogP contribution in [0.2, 0.25) is 0 Å². The fraction of sp³-hybridized carbons (Fsp3) is 1.00. The van der Waals surface area contributed by atoms with Crippen LogP contribution < -0.4 is 0 Å². The van der Waals surface area contributed by atoms with Crippen molar-refractivity contribution in [3.05, 3.63) is 0 Å². The largest absolute Gasteiger partial charge is 0.394 e. The first-order chi connectivity index (χ1) is 5.36. The minimum absolute atomic E-state index is 0.0372. The SMILES string of the molecule is OCCO[C@@H](CO)OC1CC1. The molecule has 0 bridgehead atoms. The first-order valence-electron chi connectivity index (χ1n) is 3.85. The van der Waals surface area contributed by atoms with Gasteiger partial charge in [-0.1, -0.05) is 0 Å². The second kappa shape index (κ2) is 4.66. The molecule has 0 heterocycles. The lowest BCUT2D eigenvalue weighted by Crippen LogP contribution is -2.24. The summed E-state index contributed by atoms with van der Waals surface area (Å²) in [6.07, 6.45) is 1.83. The monoisotopic (exact) mass is 162 g/mol. The van der Waals surface area contributed by atoms with Crippen LogP contribution in [0.25, 0.3) is 0 Å². The summed E-state index contributed by atoms with van der Waals surface area (Å²) in [5.41, 5.74) is 0. The van der Waals surface area contributed by atoms with Gasteiger partial charge in [-0.05, 0) is 12.8 Å². The summed E-state index contributed by atoms with van der Waals surface area (Å²) in [5.74, 6) is 0. The maximum atomic E-state index is 8.70. The number of aliphatic hydroxyl groups excluding tert-OH is 2. The highest BCUT2D eigenvalue weighted by Gasteiger charge is 2.26. The van der Waals surface area contributed by atoms with Gasteiger partial charge in [-0.15, -0.1) is 0 Å². The van der Waals surface area contributed by atoms with Crippen LogP contribution in [0.5, 0.6) is 0 Å². The molecule has 11 heavy (non-hydrogen) atoms. The standard InChI is InChI=1S/C7H14O4/c8-3-4-10-7(5-9)11-6-1-2-6/h6-9H,1-5H2/t7-/m1/s1. The number of ether oxygens (including phenoxy) is 2. The van der Waals surface area contributed by atoms with Crippen LogP contribution in [0.4, 0.5) is 0 Å². The van der Waals surface area contributed by atoms with Crippen molar-refractivity contribution >= 4 is 0 Å². The second-order valence-corrected chi connectivity index (χ2v) is 2.54. The molecule has 0 unspecified atom stereocenters. The summed E-state index contributed by atoms with van der Waals surface area (Å²) in [4.78, 5) is 0. The van der Waals surface area contributed by atoms with Crippen LogP contribution in [0.1, 0.15) is 12.8 Å². The van der Waals surface area contributed by atoms with Crippen LogP contribution in [0, 0.1) is 0 Å². The first kappa shape index (κ1) is 8.93. The molecule has 0 aromatic heterocycles. The zero-order valence-corrected chi connectivity index (χ0v) is 6.40. The molecule has 0 aliphatic heterocycles. The minimum atomic E-state index is -0.547. The van der Waals surface area contributed by atoms with Crippen LogP contribution in [-0.4, -0.2) is 42.4 Å². The average Bonchev–Trinajstić information content (AvgIpc) is 2.81. The van der Waals surface area contributed by atoms with Gasteiger partial charge in [0.2, 0.25) is 0 Å². The number of hydrogen-bond acceptors (Lipinski definition) is 4. The number of hydrogen-bond donors (Lipinski definition) is 2. The van der Waals surface area contributed by atoms with E-state index in [4.69, 9.17) is 19.7 Å². The number of aliphatic hydroxyl groups is 2. The Labute approximate surface area is 65.7 Å². The highest BCUT2D eigenvalue weighted by Crippen LogP contribution is 2.25. The smallest absolute Gasteiger partial charge is 0.180 e.